The van der Waals surface area contributed by atoms with Crippen LogP contribution in [0.25, 0.3) is 10.9 Å². The third-order valence-electron chi connectivity index (χ3n) is 3.34. The van der Waals surface area contributed by atoms with Gasteiger partial charge >= 0.3 is 0 Å². The number of aromatic nitrogens is 3. The van der Waals surface area contributed by atoms with E-state index >= 15 is 0 Å². The van der Waals surface area contributed by atoms with Gasteiger partial charge < -0.3 is 0 Å². The van der Waals surface area contributed by atoms with Crippen LogP contribution in [-0.4, -0.2) is 15.0 Å². The molecule has 0 amide bonds. The minimum atomic E-state index is 0.540. The van der Waals surface area contributed by atoms with Gasteiger partial charge in [-0.1, -0.05) is 42.8 Å². The molecule has 2 aromatic heterocycles. The van der Waals surface area contributed by atoms with Crippen LogP contribution in [0.2, 0.25) is 5.15 Å². The number of halogens is 1. The van der Waals surface area contributed by atoms with Gasteiger partial charge in [-0.2, -0.15) is 0 Å². The van der Waals surface area contributed by atoms with Gasteiger partial charge in [0.15, 0.2) is 0 Å². The molecule has 0 saturated heterocycles. The molecule has 0 aliphatic heterocycles. The average Bonchev–Trinajstić information content (AvgIpc) is 2.47. The predicted octanol–water partition coefficient (Wildman–Crippen LogP) is 3.83. The Balaban J connectivity index is 1.99. The Kier molecular flexibility index (Phi) is 3.61. The quantitative estimate of drug-likeness (QED) is 0.686. The SMILES string of the molecule is CCc1c(Cl)ncnc1Cc1ccc2ccccc2n1. The lowest BCUT2D eigenvalue weighted by Gasteiger charge is -2.08. The molecule has 1 aromatic carbocycles. The summed E-state index contributed by atoms with van der Waals surface area (Å²) >= 11 is 6.12. The molecule has 0 atom stereocenters. The number of hydrogen-bond acceptors (Lipinski definition) is 3. The molecule has 3 nitrogen and oxygen atoms in total. The monoisotopic (exact) mass is 283 g/mol. The largest absolute Gasteiger partial charge is 0.252 e. The Morgan fingerprint density at radius 2 is 1.90 bits per heavy atom. The first-order valence-corrected chi connectivity index (χ1v) is 6.98. The summed E-state index contributed by atoms with van der Waals surface area (Å²) < 4.78 is 0. The zero-order valence-electron chi connectivity index (χ0n) is 11.2. The van der Waals surface area contributed by atoms with Crippen LogP contribution in [0, 0.1) is 0 Å². The fourth-order valence-corrected chi connectivity index (χ4v) is 2.59. The van der Waals surface area contributed by atoms with Gasteiger partial charge in [0.25, 0.3) is 0 Å². The second-order valence-electron chi connectivity index (χ2n) is 4.62. The standard InChI is InChI=1S/C16H14ClN3/c1-2-13-15(18-10-19-16(13)17)9-12-8-7-11-5-3-4-6-14(11)20-12/h3-8,10H,2,9H2,1H3. The first kappa shape index (κ1) is 13.0. The average molecular weight is 284 g/mol. The zero-order valence-corrected chi connectivity index (χ0v) is 11.9. The molecule has 3 rings (SSSR count). The van der Waals surface area contributed by atoms with Crippen molar-refractivity contribution in [1.82, 2.24) is 15.0 Å². The highest BCUT2D eigenvalue weighted by Crippen LogP contribution is 2.19. The van der Waals surface area contributed by atoms with Gasteiger partial charge in [-0.05, 0) is 18.6 Å². The van der Waals surface area contributed by atoms with E-state index in [-0.39, 0.29) is 0 Å². The molecule has 0 spiro atoms. The summed E-state index contributed by atoms with van der Waals surface area (Å²) in [6.45, 7) is 2.06. The summed E-state index contributed by atoms with van der Waals surface area (Å²) in [5.74, 6) is 0. The molecular weight excluding hydrogens is 270 g/mol. The maximum Gasteiger partial charge on any atom is 0.135 e. The number of hydrogen-bond donors (Lipinski definition) is 0. The molecule has 3 aromatic rings. The molecule has 100 valence electrons. The van der Waals surface area contributed by atoms with Crippen molar-refractivity contribution in [2.45, 2.75) is 19.8 Å². The van der Waals surface area contributed by atoms with Crippen molar-refractivity contribution in [2.24, 2.45) is 0 Å². The van der Waals surface area contributed by atoms with Crippen molar-refractivity contribution in [1.29, 1.82) is 0 Å². The molecular formula is C16H14ClN3. The van der Waals surface area contributed by atoms with Crippen LogP contribution in [0.3, 0.4) is 0 Å². The van der Waals surface area contributed by atoms with E-state index < -0.39 is 0 Å². The molecule has 0 bridgehead atoms. The fourth-order valence-electron chi connectivity index (χ4n) is 2.30. The molecule has 0 radical (unpaired) electrons. The third kappa shape index (κ3) is 2.49. The Morgan fingerprint density at radius 1 is 1.05 bits per heavy atom. The van der Waals surface area contributed by atoms with E-state index in [1.807, 2.05) is 24.3 Å². The van der Waals surface area contributed by atoms with E-state index in [9.17, 15) is 0 Å². The van der Waals surface area contributed by atoms with Gasteiger partial charge in [-0.25, -0.2) is 9.97 Å². The summed E-state index contributed by atoms with van der Waals surface area (Å²) in [6, 6.07) is 12.2. The normalized spacial score (nSPS) is 10.9. The van der Waals surface area contributed by atoms with E-state index in [0.717, 1.165) is 34.3 Å². The first-order valence-electron chi connectivity index (χ1n) is 6.61. The molecule has 0 aliphatic rings. The van der Waals surface area contributed by atoms with Crippen molar-refractivity contribution in [3.8, 4) is 0 Å². The maximum atomic E-state index is 6.12. The lowest BCUT2D eigenvalue weighted by molar-refractivity contribution is 0.933. The summed E-state index contributed by atoms with van der Waals surface area (Å²) in [6.07, 6.45) is 3.01. The van der Waals surface area contributed by atoms with Gasteiger partial charge in [0, 0.05) is 23.1 Å². The van der Waals surface area contributed by atoms with Crippen LogP contribution in [0.4, 0.5) is 0 Å². The van der Waals surface area contributed by atoms with Gasteiger partial charge in [0.1, 0.15) is 11.5 Å². The van der Waals surface area contributed by atoms with Crippen molar-refractivity contribution in [2.75, 3.05) is 0 Å². The van der Waals surface area contributed by atoms with Gasteiger partial charge in [-0.15, -0.1) is 0 Å². The molecule has 0 N–H and O–H groups in total. The van der Waals surface area contributed by atoms with Crippen LogP contribution >= 0.6 is 11.6 Å². The molecule has 4 heteroatoms. The van der Waals surface area contributed by atoms with Crippen molar-refractivity contribution in [3.05, 3.63) is 64.8 Å². The summed E-state index contributed by atoms with van der Waals surface area (Å²) in [5.41, 5.74) is 3.95. The van der Waals surface area contributed by atoms with Crippen LogP contribution in [0.15, 0.2) is 42.7 Å². The number of benzene rings is 1. The summed E-state index contributed by atoms with van der Waals surface area (Å²) in [5, 5.41) is 1.69. The highest BCUT2D eigenvalue weighted by molar-refractivity contribution is 6.30. The van der Waals surface area contributed by atoms with E-state index in [1.54, 1.807) is 0 Å². The Morgan fingerprint density at radius 3 is 2.75 bits per heavy atom. The number of para-hydroxylation sites is 1. The van der Waals surface area contributed by atoms with E-state index in [4.69, 9.17) is 11.6 Å². The van der Waals surface area contributed by atoms with Gasteiger partial charge in [0.2, 0.25) is 0 Å². The van der Waals surface area contributed by atoms with Crippen LogP contribution in [-0.2, 0) is 12.8 Å². The fraction of sp³-hybridized carbons (Fsp3) is 0.188. The van der Waals surface area contributed by atoms with E-state index in [0.29, 0.717) is 11.6 Å². The van der Waals surface area contributed by atoms with Gasteiger partial charge in [0.05, 0.1) is 11.2 Å². The zero-order chi connectivity index (χ0) is 13.9. The Bertz CT molecular complexity index is 756. The smallest absolute Gasteiger partial charge is 0.135 e. The van der Waals surface area contributed by atoms with E-state index in [2.05, 4.69) is 34.0 Å². The molecule has 0 fully saturated rings. The molecule has 2 heterocycles. The summed E-state index contributed by atoms with van der Waals surface area (Å²) in [7, 11) is 0. The minimum absolute atomic E-state index is 0.540. The molecule has 0 aliphatic carbocycles. The second-order valence-corrected chi connectivity index (χ2v) is 4.97. The summed E-state index contributed by atoms with van der Waals surface area (Å²) in [4.78, 5) is 13.1. The second kappa shape index (κ2) is 5.55. The first-order chi connectivity index (χ1) is 9.78. The number of pyridine rings is 1. The predicted molar refractivity (Wildman–Crippen MR) is 81.0 cm³/mol. The van der Waals surface area contributed by atoms with Crippen molar-refractivity contribution in [3.63, 3.8) is 0 Å². The maximum absolute atomic E-state index is 6.12. The lowest BCUT2D eigenvalue weighted by atomic mass is 10.1. The Labute approximate surface area is 122 Å². The van der Waals surface area contributed by atoms with Crippen LogP contribution < -0.4 is 0 Å². The minimum Gasteiger partial charge on any atom is -0.252 e. The topological polar surface area (TPSA) is 38.7 Å². The molecule has 0 unspecified atom stereocenters. The van der Waals surface area contributed by atoms with E-state index in [1.165, 1.54) is 6.33 Å². The highest BCUT2D eigenvalue weighted by Gasteiger charge is 2.09. The van der Waals surface area contributed by atoms with Crippen molar-refractivity contribution >= 4 is 22.5 Å². The van der Waals surface area contributed by atoms with Crippen LogP contribution in [0.5, 0.6) is 0 Å². The van der Waals surface area contributed by atoms with Crippen molar-refractivity contribution < 1.29 is 0 Å². The molecule has 20 heavy (non-hydrogen) atoms. The number of rotatable bonds is 3. The van der Waals surface area contributed by atoms with Gasteiger partial charge in [-0.3, -0.25) is 4.98 Å². The number of fused-ring (bicyclic) bond motifs is 1. The molecule has 0 saturated carbocycles. The van der Waals surface area contributed by atoms with Crippen LogP contribution in [0.1, 0.15) is 23.9 Å². The highest BCUT2D eigenvalue weighted by atomic mass is 35.5. The third-order valence-corrected chi connectivity index (χ3v) is 3.67. The number of nitrogens with zero attached hydrogens (tertiary/aromatic N) is 3. The lowest BCUT2D eigenvalue weighted by Crippen LogP contribution is -2.02. The Hall–Kier alpha value is -2.00.